The summed E-state index contributed by atoms with van der Waals surface area (Å²) in [6.07, 6.45) is 3.23. The van der Waals surface area contributed by atoms with Crippen LogP contribution in [-0.4, -0.2) is 6.08 Å². The van der Waals surface area contributed by atoms with Crippen LogP contribution in [0.15, 0.2) is 29.8 Å². The van der Waals surface area contributed by atoms with E-state index in [0.29, 0.717) is 5.69 Å². The summed E-state index contributed by atoms with van der Waals surface area (Å²) in [6, 6.07) is 5.47. The minimum atomic E-state index is 0.616. The predicted molar refractivity (Wildman–Crippen MR) is 49.1 cm³/mol. The molecule has 0 N–H and O–H groups in total. The summed E-state index contributed by atoms with van der Waals surface area (Å²) < 4.78 is 0. The van der Waals surface area contributed by atoms with E-state index in [1.54, 1.807) is 18.2 Å². The number of benzene rings is 1. The average Bonchev–Trinajstić information content (AvgIpc) is 2.09. The Hall–Kier alpha value is -1.66. The number of aliphatic imine (C=N–C) groups is 1. The van der Waals surface area contributed by atoms with Crippen LogP contribution in [0, 0.1) is 6.92 Å². The second-order valence-corrected chi connectivity index (χ2v) is 2.45. The molecule has 0 saturated heterocycles. The second kappa shape index (κ2) is 3.65. The van der Waals surface area contributed by atoms with Gasteiger partial charge in [-0.3, -0.25) is 0 Å². The van der Waals surface area contributed by atoms with Crippen molar-refractivity contribution in [2.75, 3.05) is 0 Å². The molecule has 12 heavy (non-hydrogen) atoms. The first kappa shape index (κ1) is 8.44. The van der Waals surface area contributed by atoms with Gasteiger partial charge in [0.05, 0.1) is 5.69 Å². The lowest BCUT2D eigenvalue weighted by molar-refractivity contribution is 0.565. The van der Waals surface area contributed by atoms with Gasteiger partial charge in [0.25, 0.3) is 0 Å². The minimum absolute atomic E-state index is 0.616. The minimum Gasteiger partial charge on any atom is -0.211 e. The van der Waals surface area contributed by atoms with E-state index in [0.717, 1.165) is 11.1 Å². The highest BCUT2D eigenvalue weighted by atomic mass is 16.1. The molecule has 0 aliphatic heterocycles. The topological polar surface area (TPSA) is 29.4 Å². The molecule has 1 rings (SSSR count). The van der Waals surface area contributed by atoms with Crippen molar-refractivity contribution in [2.45, 2.75) is 6.92 Å². The molecule has 0 aromatic heterocycles. The molecule has 0 radical (unpaired) electrons. The van der Waals surface area contributed by atoms with Gasteiger partial charge < -0.3 is 0 Å². The second-order valence-electron chi connectivity index (χ2n) is 2.45. The van der Waals surface area contributed by atoms with Crippen LogP contribution < -0.4 is 0 Å². The van der Waals surface area contributed by atoms with Crippen LogP contribution in [0.4, 0.5) is 5.69 Å². The van der Waals surface area contributed by atoms with Gasteiger partial charge in [0.1, 0.15) is 0 Å². The van der Waals surface area contributed by atoms with Crippen molar-refractivity contribution in [1.82, 2.24) is 0 Å². The fraction of sp³-hybridized carbons (Fsp3) is 0.100. The molecule has 0 atom stereocenters. The molecule has 0 aliphatic rings. The van der Waals surface area contributed by atoms with E-state index in [9.17, 15) is 4.79 Å². The SMILES string of the molecule is C=Cc1cc(N=C=O)ccc1C. The van der Waals surface area contributed by atoms with Crippen LogP contribution in [0.25, 0.3) is 6.08 Å². The third-order valence-corrected chi connectivity index (χ3v) is 1.66. The molecule has 2 nitrogen and oxygen atoms in total. The average molecular weight is 159 g/mol. The molecule has 2 heteroatoms. The van der Waals surface area contributed by atoms with Crippen LogP contribution >= 0.6 is 0 Å². The van der Waals surface area contributed by atoms with Crippen molar-refractivity contribution in [2.24, 2.45) is 4.99 Å². The van der Waals surface area contributed by atoms with E-state index >= 15 is 0 Å². The van der Waals surface area contributed by atoms with Gasteiger partial charge in [-0.1, -0.05) is 18.7 Å². The van der Waals surface area contributed by atoms with Gasteiger partial charge in [-0.05, 0) is 30.2 Å². The van der Waals surface area contributed by atoms with Crippen LogP contribution in [-0.2, 0) is 4.79 Å². The zero-order valence-corrected chi connectivity index (χ0v) is 6.87. The van der Waals surface area contributed by atoms with Gasteiger partial charge >= 0.3 is 0 Å². The Kier molecular flexibility index (Phi) is 2.57. The van der Waals surface area contributed by atoms with Crippen molar-refractivity contribution < 1.29 is 4.79 Å². The van der Waals surface area contributed by atoms with Crippen LogP contribution in [0.2, 0.25) is 0 Å². The van der Waals surface area contributed by atoms with Gasteiger partial charge in [0.2, 0.25) is 6.08 Å². The predicted octanol–water partition coefficient (Wildman–Crippen LogP) is 2.61. The van der Waals surface area contributed by atoms with Gasteiger partial charge in [-0.15, -0.1) is 0 Å². The highest BCUT2D eigenvalue weighted by molar-refractivity contribution is 5.59. The van der Waals surface area contributed by atoms with E-state index in [4.69, 9.17) is 0 Å². The summed E-state index contributed by atoms with van der Waals surface area (Å²) in [7, 11) is 0. The Morgan fingerprint density at radius 3 is 2.92 bits per heavy atom. The van der Waals surface area contributed by atoms with E-state index in [1.165, 1.54) is 6.08 Å². The summed E-state index contributed by atoms with van der Waals surface area (Å²) in [5.41, 5.74) is 2.73. The number of aryl methyl sites for hydroxylation is 1. The molecule has 0 aliphatic carbocycles. The summed E-state index contributed by atoms with van der Waals surface area (Å²) in [4.78, 5) is 13.4. The molecule has 1 aromatic carbocycles. The summed E-state index contributed by atoms with van der Waals surface area (Å²) >= 11 is 0. The van der Waals surface area contributed by atoms with Gasteiger partial charge in [0, 0.05) is 0 Å². The molecule has 0 heterocycles. The summed E-state index contributed by atoms with van der Waals surface area (Å²) in [5, 5.41) is 0. The fourth-order valence-corrected chi connectivity index (χ4v) is 0.970. The maximum atomic E-state index is 9.94. The lowest BCUT2D eigenvalue weighted by Gasteiger charge is -1.99. The molecule has 1 aromatic rings. The lowest BCUT2D eigenvalue weighted by atomic mass is 10.1. The third kappa shape index (κ3) is 1.68. The van der Waals surface area contributed by atoms with Gasteiger partial charge in [0.15, 0.2) is 0 Å². The fourth-order valence-electron chi connectivity index (χ4n) is 0.970. The molecule has 0 amide bonds. The molecule has 0 saturated carbocycles. The number of hydrogen-bond donors (Lipinski definition) is 0. The van der Waals surface area contributed by atoms with Crippen molar-refractivity contribution >= 4 is 17.8 Å². The normalized spacial score (nSPS) is 8.75. The number of carbonyl (C=O) groups excluding carboxylic acids is 1. The van der Waals surface area contributed by atoms with Crippen molar-refractivity contribution in [3.8, 4) is 0 Å². The monoisotopic (exact) mass is 159 g/mol. The first-order valence-corrected chi connectivity index (χ1v) is 3.59. The van der Waals surface area contributed by atoms with E-state index < -0.39 is 0 Å². The van der Waals surface area contributed by atoms with Crippen molar-refractivity contribution in [3.63, 3.8) is 0 Å². The zero-order valence-electron chi connectivity index (χ0n) is 6.87. The third-order valence-electron chi connectivity index (χ3n) is 1.66. The van der Waals surface area contributed by atoms with E-state index in [2.05, 4.69) is 11.6 Å². The summed E-state index contributed by atoms with van der Waals surface area (Å²) in [6.45, 7) is 5.63. The number of rotatable bonds is 2. The Bertz CT molecular complexity index is 349. The highest BCUT2D eigenvalue weighted by Crippen LogP contribution is 2.17. The summed E-state index contributed by atoms with van der Waals surface area (Å²) in [5.74, 6) is 0. The highest BCUT2D eigenvalue weighted by Gasteiger charge is 1.94. The first-order chi connectivity index (χ1) is 5.77. The van der Waals surface area contributed by atoms with E-state index in [1.807, 2.05) is 13.0 Å². The van der Waals surface area contributed by atoms with Crippen LogP contribution in [0.5, 0.6) is 0 Å². The Morgan fingerprint density at radius 2 is 2.33 bits per heavy atom. The van der Waals surface area contributed by atoms with Crippen molar-refractivity contribution in [1.29, 1.82) is 0 Å². The van der Waals surface area contributed by atoms with Crippen LogP contribution in [0.3, 0.4) is 0 Å². The largest absolute Gasteiger partial charge is 0.240 e. The quantitative estimate of drug-likeness (QED) is 0.481. The molecule has 60 valence electrons. The number of isocyanates is 1. The molecule has 0 fully saturated rings. The van der Waals surface area contributed by atoms with E-state index in [-0.39, 0.29) is 0 Å². The molecule has 0 spiro atoms. The number of hydrogen-bond acceptors (Lipinski definition) is 2. The smallest absolute Gasteiger partial charge is 0.211 e. The Morgan fingerprint density at radius 1 is 1.58 bits per heavy atom. The maximum absolute atomic E-state index is 9.94. The van der Waals surface area contributed by atoms with Crippen molar-refractivity contribution in [3.05, 3.63) is 35.9 Å². The van der Waals surface area contributed by atoms with Gasteiger partial charge in [-0.25, -0.2) is 4.79 Å². The Balaban J connectivity index is 3.21. The van der Waals surface area contributed by atoms with Gasteiger partial charge in [-0.2, -0.15) is 4.99 Å². The number of nitrogens with zero attached hydrogens (tertiary/aromatic N) is 1. The molecular weight excluding hydrogens is 150 g/mol. The maximum Gasteiger partial charge on any atom is 0.240 e. The lowest BCUT2D eigenvalue weighted by Crippen LogP contribution is -1.78. The zero-order chi connectivity index (χ0) is 8.97. The molecular formula is C10H9NO. The Labute approximate surface area is 71.3 Å². The standard InChI is InChI=1S/C10H9NO/c1-3-9-6-10(11-7-12)5-4-8(9)2/h3-6H,1H2,2H3. The van der Waals surface area contributed by atoms with Crippen LogP contribution in [0.1, 0.15) is 11.1 Å². The first-order valence-electron chi connectivity index (χ1n) is 3.59. The molecule has 0 unspecified atom stereocenters. The molecule has 0 bridgehead atoms.